The second-order valence-electron chi connectivity index (χ2n) is 3.73. The second kappa shape index (κ2) is 6.27. The molecule has 1 fully saturated rings. The Balaban J connectivity index is 2.10. The van der Waals surface area contributed by atoms with Crippen LogP contribution in [0.25, 0.3) is 6.08 Å². The summed E-state index contributed by atoms with van der Waals surface area (Å²) in [4.78, 5) is 11.5. The zero-order chi connectivity index (χ0) is 13.8. The first-order valence-electron chi connectivity index (χ1n) is 5.35. The molecule has 0 bridgehead atoms. The van der Waals surface area contributed by atoms with Crippen LogP contribution in [-0.2, 0) is 4.79 Å². The van der Waals surface area contributed by atoms with Crippen LogP contribution >= 0.6 is 35.6 Å². The number of carbonyl (C=O) groups is 1. The molecule has 1 aromatic rings. The van der Waals surface area contributed by atoms with Crippen LogP contribution in [0.2, 0.25) is 5.02 Å². The second-order valence-corrected chi connectivity index (χ2v) is 5.94. The number of thioether (sulfide) groups is 1. The molecular weight excluding hydrogens is 306 g/mol. The van der Waals surface area contributed by atoms with Crippen molar-refractivity contribution in [2.24, 2.45) is 0 Å². The first kappa shape index (κ1) is 14.2. The summed E-state index contributed by atoms with van der Waals surface area (Å²) in [7, 11) is 0. The van der Waals surface area contributed by atoms with Gasteiger partial charge in [0.15, 0.2) is 6.61 Å². The molecule has 0 radical (unpaired) electrons. The molecule has 100 valence electrons. The van der Waals surface area contributed by atoms with Gasteiger partial charge in [0.1, 0.15) is 10.1 Å². The van der Waals surface area contributed by atoms with Gasteiger partial charge >= 0.3 is 5.97 Å². The maximum absolute atomic E-state index is 10.4. The van der Waals surface area contributed by atoms with Gasteiger partial charge in [0.25, 0.3) is 0 Å². The molecule has 0 aliphatic carbocycles. The lowest BCUT2D eigenvalue weighted by molar-refractivity contribution is -0.139. The first-order valence-corrected chi connectivity index (χ1v) is 6.95. The van der Waals surface area contributed by atoms with Crippen LogP contribution in [0, 0.1) is 0 Å². The van der Waals surface area contributed by atoms with E-state index in [1.807, 2.05) is 12.1 Å². The van der Waals surface area contributed by atoms with Crippen molar-refractivity contribution in [3.8, 4) is 5.75 Å². The Bertz CT molecular complexity index is 560. The zero-order valence-corrected chi connectivity index (χ0v) is 12.1. The van der Waals surface area contributed by atoms with Gasteiger partial charge in [-0.2, -0.15) is 0 Å². The Hall–Kier alpha value is -1.24. The number of nitrogens with one attached hydrogen (secondary N) is 1. The Morgan fingerprint density at radius 2 is 2.42 bits per heavy atom. The fourth-order valence-electron chi connectivity index (χ4n) is 1.48. The van der Waals surface area contributed by atoms with E-state index in [0.29, 0.717) is 10.8 Å². The van der Waals surface area contributed by atoms with E-state index in [1.165, 1.54) is 11.8 Å². The molecule has 0 atom stereocenters. The van der Waals surface area contributed by atoms with E-state index in [4.69, 9.17) is 33.7 Å². The van der Waals surface area contributed by atoms with Gasteiger partial charge in [-0.25, -0.2) is 4.79 Å². The van der Waals surface area contributed by atoms with Crippen LogP contribution < -0.4 is 10.1 Å². The lowest BCUT2D eigenvalue weighted by Gasteiger charge is -2.06. The van der Waals surface area contributed by atoms with E-state index < -0.39 is 12.6 Å². The molecule has 1 saturated heterocycles. The van der Waals surface area contributed by atoms with Gasteiger partial charge in [0.2, 0.25) is 0 Å². The summed E-state index contributed by atoms with van der Waals surface area (Å²) in [6.45, 7) is 0.312. The number of carboxylic acids is 1. The molecule has 1 aromatic carbocycles. The third-order valence-corrected chi connectivity index (χ3v) is 3.81. The van der Waals surface area contributed by atoms with Crippen LogP contribution in [0.3, 0.4) is 0 Å². The molecule has 0 spiro atoms. The summed E-state index contributed by atoms with van der Waals surface area (Å²) in [5.74, 6) is -0.678. The minimum Gasteiger partial charge on any atom is -0.480 e. The van der Waals surface area contributed by atoms with Gasteiger partial charge in [-0.05, 0) is 23.8 Å². The largest absolute Gasteiger partial charge is 0.480 e. The molecule has 19 heavy (non-hydrogen) atoms. The highest BCUT2D eigenvalue weighted by molar-refractivity contribution is 8.26. The average Bonchev–Trinajstić information content (AvgIpc) is 2.73. The summed E-state index contributed by atoms with van der Waals surface area (Å²) in [6.07, 6.45) is 1.98. The molecule has 1 aliphatic rings. The molecule has 0 amide bonds. The highest BCUT2D eigenvalue weighted by atomic mass is 35.5. The molecule has 2 N–H and O–H groups in total. The first-order chi connectivity index (χ1) is 9.04. The van der Waals surface area contributed by atoms with Crippen LogP contribution in [0.5, 0.6) is 5.75 Å². The number of hydrogen-bond donors (Lipinski definition) is 2. The highest BCUT2D eigenvalue weighted by Gasteiger charge is 2.12. The Morgan fingerprint density at radius 1 is 1.63 bits per heavy atom. The normalized spacial score (nSPS) is 16.5. The lowest BCUT2D eigenvalue weighted by Crippen LogP contribution is -2.09. The summed E-state index contributed by atoms with van der Waals surface area (Å²) >= 11 is 12.6. The SMILES string of the molecule is O=C(O)COc1ccc(/C=C2\CNC(=S)S2)cc1Cl. The Morgan fingerprint density at radius 3 is 3.00 bits per heavy atom. The van der Waals surface area contributed by atoms with Crippen molar-refractivity contribution in [3.05, 3.63) is 33.7 Å². The number of benzene rings is 1. The van der Waals surface area contributed by atoms with Crippen LogP contribution in [0.15, 0.2) is 23.1 Å². The molecule has 2 rings (SSSR count). The van der Waals surface area contributed by atoms with Crippen LogP contribution in [0.1, 0.15) is 5.56 Å². The van der Waals surface area contributed by atoms with E-state index >= 15 is 0 Å². The maximum Gasteiger partial charge on any atom is 0.341 e. The number of thiocarbonyl (C=S) groups is 1. The molecule has 7 heteroatoms. The maximum atomic E-state index is 10.4. The van der Waals surface area contributed by atoms with Crippen molar-refractivity contribution in [3.63, 3.8) is 0 Å². The van der Waals surface area contributed by atoms with E-state index in [9.17, 15) is 4.79 Å². The monoisotopic (exact) mass is 315 g/mol. The topological polar surface area (TPSA) is 58.6 Å². The fourth-order valence-corrected chi connectivity index (χ4v) is 2.84. The Labute approximate surface area is 124 Å². The average molecular weight is 316 g/mol. The van der Waals surface area contributed by atoms with Crippen molar-refractivity contribution in [1.82, 2.24) is 5.32 Å². The molecule has 4 nitrogen and oxygen atoms in total. The van der Waals surface area contributed by atoms with Crippen molar-refractivity contribution in [2.75, 3.05) is 13.2 Å². The summed E-state index contributed by atoms with van der Waals surface area (Å²) in [6, 6.07) is 5.20. The van der Waals surface area contributed by atoms with Crippen LogP contribution in [-0.4, -0.2) is 28.5 Å². The van der Waals surface area contributed by atoms with Gasteiger partial charge in [-0.3, -0.25) is 0 Å². The minimum absolute atomic E-state index is 0.360. The van der Waals surface area contributed by atoms with Crippen molar-refractivity contribution < 1.29 is 14.6 Å². The lowest BCUT2D eigenvalue weighted by atomic mass is 10.2. The molecule has 0 aromatic heterocycles. The van der Waals surface area contributed by atoms with Gasteiger partial charge in [-0.1, -0.05) is 41.6 Å². The number of hydrogen-bond acceptors (Lipinski definition) is 4. The molecule has 1 heterocycles. The molecule has 0 saturated carbocycles. The van der Waals surface area contributed by atoms with E-state index in [-0.39, 0.29) is 0 Å². The number of ether oxygens (including phenoxy) is 1. The summed E-state index contributed by atoms with van der Waals surface area (Å²) in [5, 5.41) is 12.0. The molecular formula is C12H10ClNO3S2. The van der Waals surface area contributed by atoms with E-state index in [2.05, 4.69) is 5.32 Å². The van der Waals surface area contributed by atoms with Crippen LogP contribution in [0.4, 0.5) is 0 Å². The van der Waals surface area contributed by atoms with Crippen molar-refractivity contribution in [1.29, 1.82) is 0 Å². The quantitative estimate of drug-likeness (QED) is 0.833. The van der Waals surface area contributed by atoms with Gasteiger partial charge in [0.05, 0.1) is 5.02 Å². The third-order valence-electron chi connectivity index (χ3n) is 2.27. The Kier molecular flexibility index (Phi) is 4.68. The third kappa shape index (κ3) is 4.12. The highest BCUT2D eigenvalue weighted by Crippen LogP contribution is 2.29. The molecule has 0 unspecified atom stereocenters. The van der Waals surface area contributed by atoms with Gasteiger partial charge < -0.3 is 15.2 Å². The predicted molar refractivity (Wildman–Crippen MR) is 80.8 cm³/mol. The number of rotatable bonds is 4. The zero-order valence-electron chi connectivity index (χ0n) is 9.68. The predicted octanol–water partition coefficient (Wildman–Crippen LogP) is 2.77. The minimum atomic E-state index is -1.04. The fraction of sp³-hybridized carbons (Fsp3) is 0.167. The summed E-state index contributed by atoms with van der Waals surface area (Å²) in [5.41, 5.74) is 0.918. The standard InChI is InChI=1S/C12H10ClNO3S2/c13-9-4-7(3-8-5-14-12(18)19-8)1-2-10(9)17-6-11(15)16/h1-4H,5-6H2,(H,14,18)(H,15,16)/b8-3+. The number of aliphatic carboxylic acids is 1. The van der Waals surface area contributed by atoms with E-state index in [1.54, 1.807) is 12.1 Å². The smallest absolute Gasteiger partial charge is 0.341 e. The van der Waals surface area contributed by atoms with Crippen molar-refractivity contribution >= 4 is 51.9 Å². The van der Waals surface area contributed by atoms with Gasteiger partial charge in [-0.15, -0.1) is 0 Å². The number of carboxylic acid groups (broad SMARTS) is 1. The van der Waals surface area contributed by atoms with Gasteiger partial charge in [0, 0.05) is 11.4 Å². The molecule has 1 aliphatic heterocycles. The number of halogens is 1. The summed E-state index contributed by atoms with van der Waals surface area (Å²) < 4.78 is 5.81. The van der Waals surface area contributed by atoms with Crippen molar-refractivity contribution in [2.45, 2.75) is 0 Å². The van der Waals surface area contributed by atoms with E-state index in [0.717, 1.165) is 21.3 Å².